The van der Waals surface area contributed by atoms with Crippen molar-refractivity contribution in [3.63, 3.8) is 0 Å². The van der Waals surface area contributed by atoms with Crippen LogP contribution in [0.1, 0.15) is 17.3 Å². The number of carbonyl (C=O) groups excluding carboxylic acids is 2. The molecule has 0 spiro atoms. The van der Waals surface area contributed by atoms with E-state index in [1.54, 1.807) is 25.1 Å². The molecule has 11 heteroatoms. The zero-order valence-corrected chi connectivity index (χ0v) is 19.0. The molecule has 0 aliphatic carbocycles. The minimum atomic E-state index is -3.79. The van der Waals surface area contributed by atoms with Crippen molar-refractivity contribution in [2.45, 2.75) is 16.7 Å². The molecular weight excluding hydrogens is 459 g/mol. The summed E-state index contributed by atoms with van der Waals surface area (Å²) in [6.45, 7) is 1.63. The van der Waals surface area contributed by atoms with Gasteiger partial charge in [0.25, 0.3) is 5.91 Å². The van der Waals surface area contributed by atoms with Crippen molar-refractivity contribution < 1.29 is 31.3 Å². The predicted octanol–water partition coefficient (Wildman–Crippen LogP) is 1.64. The summed E-state index contributed by atoms with van der Waals surface area (Å²) in [4.78, 5) is 26.6. The van der Waals surface area contributed by atoms with Crippen LogP contribution in [0, 0.1) is 5.82 Å². The molecule has 2 aromatic carbocycles. The lowest BCUT2D eigenvalue weighted by molar-refractivity contribution is -0.135. The minimum absolute atomic E-state index is 0.0178. The van der Waals surface area contributed by atoms with E-state index in [9.17, 15) is 26.6 Å². The van der Waals surface area contributed by atoms with Crippen molar-refractivity contribution in [3.8, 4) is 0 Å². The van der Waals surface area contributed by atoms with Gasteiger partial charge in [0.15, 0.2) is 6.61 Å². The molecular formula is C21H23FN2O6S2. The lowest BCUT2D eigenvalue weighted by Gasteiger charge is -2.33. The summed E-state index contributed by atoms with van der Waals surface area (Å²) in [5, 5.41) is 0. The summed E-state index contributed by atoms with van der Waals surface area (Å²) in [5.74, 6) is -1.38. The fraction of sp³-hybridized carbons (Fsp3) is 0.333. The van der Waals surface area contributed by atoms with Crippen LogP contribution in [0.2, 0.25) is 0 Å². The van der Waals surface area contributed by atoms with Gasteiger partial charge in [0.05, 0.1) is 26.2 Å². The summed E-state index contributed by atoms with van der Waals surface area (Å²) >= 11 is 0. The number of benzene rings is 2. The molecule has 1 heterocycles. The van der Waals surface area contributed by atoms with Gasteiger partial charge in [-0.2, -0.15) is 4.31 Å². The van der Waals surface area contributed by atoms with Gasteiger partial charge in [-0.15, -0.1) is 0 Å². The molecule has 0 bridgehead atoms. The third kappa shape index (κ3) is 5.40. The molecule has 1 aliphatic rings. The number of halogens is 1. The van der Waals surface area contributed by atoms with Crippen molar-refractivity contribution in [1.29, 1.82) is 0 Å². The van der Waals surface area contributed by atoms with Gasteiger partial charge in [-0.05, 0) is 36.4 Å². The molecule has 1 fully saturated rings. The summed E-state index contributed by atoms with van der Waals surface area (Å²) < 4.78 is 56.9. The van der Waals surface area contributed by atoms with E-state index in [0.29, 0.717) is 10.6 Å². The van der Waals surface area contributed by atoms with Gasteiger partial charge in [-0.25, -0.2) is 17.6 Å². The number of piperazine rings is 1. The van der Waals surface area contributed by atoms with Crippen LogP contribution in [-0.2, 0) is 30.4 Å². The second kappa shape index (κ2) is 10.3. The molecule has 0 aromatic heterocycles. The fourth-order valence-corrected chi connectivity index (χ4v) is 5.58. The Kier molecular flexibility index (Phi) is 7.75. The Morgan fingerprint density at radius 1 is 1.03 bits per heavy atom. The third-order valence-electron chi connectivity index (χ3n) is 4.98. The Balaban J connectivity index is 1.56. The van der Waals surface area contributed by atoms with Gasteiger partial charge in [0.1, 0.15) is 5.82 Å². The highest BCUT2D eigenvalue weighted by molar-refractivity contribution is 7.89. The smallest absolute Gasteiger partial charge is 0.339 e. The molecule has 1 amide bonds. The van der Waals surface area contributed by atoms with Crippen molar-refractivity contribution >= 4 is 32.7 Å². The van der Waals surface area contributed by atoms with E-state index in [1.807, 2.05) is 0 Å². The number of ether oxygens (including phenoxy) is 1. The van der Waals surface area contributed by atoms with E-state index >= 15 is 0 Å². The molecule has 8 nitrogen and oxygen atoms in total. The number of carbonyl (C=O) groups is 2. The molecule has 0 N–H and O–H groups in total. The van der Waals surface area contributed by atoms with Crippen molar-refractivity contribution in [3.05, 3.63) is 59.9 Å². The van der Waals surface area contributed by atoms with Crippen molar-refractivity contribution in [2.75, 3.05) is 38.5 Å². The first-order chi connectivity index (χ1) is 15.2. The average molecular weight is 483 g/mol. The first kappa shape index (κ1) is 24.0. The molecule has 1 atom stereocenters. The maximum Gasteiger partial charge on any atom is 0.339 e. The van der Waals surface area contributed by atoms with E-state index in [2.05, 4.69) is 0 Å². The van der Waals surface area contributed by atoms with Crippen molar-refractivity contribution in [1.82, 2.24) is 9.21 Å². The number of sulfonamides is 1. The Morgan fingerprint density at radius 3 is 2.28 bits per heavy atom. The minimum Gasteiger partial charge on any atom is -0.452 e. The monoisotopic (exact) mass is 482 g/mol. The van der Waals surface area contributed by atoms with E-state index in [0.717, 1.165) is 12.1 Å². The topological polar surface area (TPSA) is 101 Å². The van der Waals surface area contributed by atoms with Crippen LogP contribution >= 0.6 is 0 Å². The summed E-state index contributed by atoms with van der Waals surface area (Å²) in [6, 6.07) is 10.9. The maximum atomic E-state index is 13.1. The fourth-order valence-electron chi connectivity index (χ4n) is 3.22. The lowest BCUT2D eigenvalue weighted by atomic mass is 10.2. The maximum absolute atomic E-state index is 13.1. The standard InChI is InChI=1S/C21H23FN2O6S2/c1-2-31(27)19-6-4-3-5-18(19)21(26)30-15-20(25)23-11-13-24(14-12-23)32(28,29)17-9-7-16(22)8-10-17/h3-10H,2,11-15H2,1H3. The van der Waals surface area contributed by atoms with Gasteiger partial charge < -0.3 is 9.64 Å². The highest BCUT2D eigenvalue weighted by atomic mass is 32.2. The highest BCUT2D eigenvalue weighted by Crippen LogP contribution is 2.19. The SMILES string of the molecule is CCS(=O)c1ccccc1C(=O)OCC(=O)N1CCN(S(=O)(=O)c2ccc(F)cc2)CC1. The number of nitrogens with zero attached hydrogens (tertiary/aromatic N) is 2. The Morgan fingerprint density at radius 2 is 1.66 bits per heavy atom. The number of amides is 1. The van der Waals surface area contributed by atoms with E-state index in [1.165, 1.54) is 27.4 Å². The molecule has 1 aliphatic heterocycles. The van der Waals surface area contributed by atoms with Crippen LogP contribution in [0.3, 0.4) is 0 Å². The highest BCUT2D eigenvalue weighted by Gasteiger charge is 2.30. The number of esters is 1. The second-order valence-electron chi connectivity index (χ2n) is 6.95. The van der Waals surface area contributed by atoms with Crippen LogP contribution in [0.25, 0.3) is 0 Å². The largest absolute Gasteiger partial charge is 0.452 e. The van der Waals surface area contributed by atoms with Crippen LogP contribution < -0.4 is 0 Å². The first-order valence-corrected chi connectivity index (χ1v) is 12.7. The quantitative estimate of drug-likeness (QED) is 0.556. The van der Waals surface area contributed by atoms with Crippen LogP contribution in [0.5, 0.6) is 0 Å². The van der Waals surface area contributed by atoms with Crippen molar-refractivity contribution in [2.24, 2.45) is 0 Å². The Labute approximate surface area is 188 Å². The van der Waals surface area contributed by atoms with E-state index < -0.39 is 45.1 Å². The van der Waals surface area contributed by atoms with Crippen LogP contribution in [0.4, 0.5) is 4.39 Å². The zero-order chi connectivity index (χ0) is 23.3. The van der Waals surface area contributed by atoms with E-state index in [4.69, 9.17) is 4.74 Å². The third-order valence-corrected chi connectivity index (χ3v) is 8.27. The molecule has 0 saturated carbocycles. The van der Waals surface area contributed by atoms with Crippen LogP contribution in [0.15, 0.2) is 58.3 Å². The molecule has 32 heavy (non-hydrogen) atoms. The molecule has 3 rings (SSSR count). The van der Waals surface area contributed by atoms with Gasteiger partial charge >= 0.3 is 5.97 Å². The zero-order valence-electron chi connectivity index (χ0n) is 17.4. The molecule has 1 unspecified atom stereocenters. The van der Waals surface area contributed by atoms with Gasteiger partial charge in [0, 0.05) is 31.9 Å². The normalized spacial score (nSPS) is 15.9. The summed E-state index contributed by atoms with van der Waals surface area (Å²) in [6.07, 6.45) is 0. The predicted molar refractivity (Wildman–Crippen MR) is 115 cm³/mol. The summed E-state index contributed by atoms with van der Waals surface area (Å²) in [5.41, 5.74) is 0.149. The molecule has 0 radical (unpaired) electrons. The molecule has 2 aromatic rings. The van der Waals surface area contributed by atoms with E-state index in [-0.39, 0.29) is 36.6 Å². The Bertz CT molecular complexity index is 1110. The van der Waals surface area contributed by atoms with Gasteiger partial charge in [0.2, 0.25) is 10.0 Å². The Hall–Kier alpha value is -2.63. The van der Waals surface area contributed by atoms with Crippen LogP contribution in [-0.4, -0.2) is 72.2 Å². The lowest BCUT2D eigenvalue weighted by Crippen LogP contribution is -2.51. The molecule has 1 saturated heterocycles. The average Bonchev–Trinajstić information content (AvgIpc) is 2.82. The summed E-state index contributed by atoms with van der Waals surface area (Å²) in [7, 11) is -5.14. The second-order valence-corrected chi connectivity index (χ2v) is 10.6. The molecule has 172 valence electrons. The van der Waals surface area contributed by atoms with Gasteiger partial charge in [-0.1, -0.05) is 19.1 Å². The van der Waals surface area contributed by atoms with Gasteiger partial charge in [-0.3, -0.25) is 9.00 Å². The first-order valence-electron chi connectivity index (χ1n) is 9.92. The number of hydrogen-bond donors (Lipinski definition) is 0. The number of rotatable bonds is 7. The number of hydrogen-bond acceptors (Lipinski definition) is 6.